The first-order valence-electron chi connectivity index (χ1n) is 12.3. The van der Waals surface area contributed by atoms with Gasteiger partial charge in [0.15, 0.2) is 0 Å². The number of ether oxygens (including phenoxy) is 1. The predicted molar refractivity (Wildman–Crippen MR) is 135 cm³/mol. The molecule has 7 nitrogen and oxygen atoms in total. The van der Waals surface area contributed by atoms with Crippen LogP contribution in [0.5, 0.6) is 0 Å². The zero-order valence-corrected chi connectivity index (χ0v) is 20.9. The lowest BCUT2D eigenvalue weighted by molar-refractivity contribution is -0.144. The Morgan fingerprint density at radius 1 is 0.943 bits per heavy atom. The van der Waals surface area contributed by atoms with Gasteiger partial charge in [-0.25, -0.2) is 4.79 Å². The lowest BCUT2D eigenvalue weighted by Crippen LogP contribution is -2.44. The number of carboxylic acid groups (broad SMARTS) is 1. The van der Waals surface area contributed by atoms with E-state index in [1.54, 1.807) is 6.92 Å². The SMILES string of the molecule is CC(CCNC(=O)OCC1c2ccccc2-c2ccccc21)CC(=O)NC(C)C(C(=O)O)C(C)C. The van der Waals surface area contributed by atoms with E-state index < -0.39 is 24.0 Å². The summed E-state index contributed by atoms with van der Waals surface area (Å²) in [6.07, 6.45) is 0.401. The van der Waals surface area contributed by atoms with Crippen molar-refractivity contribution in [3.05, 3.63) is 59.7 Å². The van der Waals surface area contributed by atoms with E-state index in [2.05, 4.69) is 34.9 Å². The molecule has 3 rings (SSSR count). The van der Waals surface area contributed by atoms with Crippen molar-refractivity contribution in [2.45, 2.75) is 52.5 Å². The summed E-state index contributed by atoms with van der Waals surface area (Å²) in [4.78, 5) is 36.1. The summed E-state index contributed by atoms with van der Waals surface area (Å²) < 4.78 is 5.54. The van der Waals surface area contributed by atoms with E-state index in [1.165, 1.54) is 11.1 Å². The van der Waals surface area contributed by atoms with Crippen molar-refractivity contribution in [1.82, 2.24) is 10.6 Å². The molecule has 3 N–H and O–H groups in total. The second-order valence-corrected chi connectivity index (χ2v) is 9.81. The minimum atomic E-state index is -0.909. The van der Waals surface area contributed by atoms with Crippen LogP contribution < -0.4 is 10.6 Å². The third-order valence-corrected chi connectivity index (χ3v) is 6.71. The molecule has 0 fully saturated rings. The molecule has 0 aromatic heterocycles. The number of fused-ring (bicyclic) bond motifs is 3. The smallest absolute Gasteiger partial charge is 0.407 e. The van der Waals surface area contributed by atoms with Gasteiger partial charge in [0.1, 0.15) is 6.61 Å². The maximum absolute atomic E-state index is 12.3. The maximum Gasteiger partial charge on any atom is 0.407 e. The summed E-state index contributed by atoms with van der Waals surface area (Å²) in [5.41, 5.74) is 4.69. The molecule has 188 valence electrons. The topological polar surface area (TPSA) is 105 Å². The standard InChI is InChI=1S/C28H36N2O5/c1-17(2)26(27(32)33)19(4)30-25(31)15-18(3)13-14-29-28(34)35-16-24-22-11-7-5-9-20(22)21-10-6-8-12-23(21)24/h5-12,17-19,24,26H,13-16H2,1-4H3,(H,29,34)(H,30,31)(H,32,33). The zero-order chi connectivity index (χ0) is 25.5. The Hall–Kier alpha value is -3.35. The first-order chi connectivity index (χ1) is 16.7. The van der Waals surface area contributed by atoms with Gasteiger partial charge in [-0.1, -0.05) is 69.3 Å². The molecule has 2 aromatic carbocycles. The van der Waals surface area contributed by atoms with E-state index in [9.17, 15) is 19.5 Å². The Morgan fingerprint density at radius 2 is 1.51 bits per heavy atom. The number of carbonyl (C=O) groups is 3. The zero-order valence-electron chi connectivity index (χ0n) is 20.9. The van der Waals surface area contributed by atoms with Gasteiger partial charge in [0.05, 0.1) is 5.92 Å². The van der Waals surface area contributed by atoms with Gasteiger partial charge in [0.2, 0.25) is 5.91 Å². The molecule has 0 aliphatic heterocycles. The van der Waals surface area contributed by atoms with Gasteiger partial charge in [-0.3, -0.25) is 9.59 Å². The fourth-order valence-corrected chi connectivity index (χ4v) is 4.97. The van der Waals surface area contributed by atoms with E-state index in [0.29, 0.717) is 13.0 Å². The molecular weight excluding hydrogens is 444 g/mol. The van der Waals surface area contributed by atoms with E-state index >= 15 is 0 Å². The van der Waals surface area contributed by atoms with Gasteiger partial charge in [-0.15, -0.1) is 0 Å². The van der Waals surface area contributed by atoms with Crippen molar-refractivity contribution >= 4 is 18.0 Å². The summed E-state index contributed by atoms with van der Waals surface area (Å²) in [6, 6.07) is 15.9. The van der Waals surface area contributed by atoms with Crippen molar-refractivity contribution < 1.29 is 24.2 Å². The fourth-order valence-electron chi connectivity index (χ4n) is 4.97. The quantitative estimate of drug-likeness (QED) is 0.428. The Balaban J connectivity index is 1.41. The summed E-state index contributed by atoms with van der Waals surface area (Å²) in [6.45, 7) is 7.97. The molecule has 35 heavy (non-hydrogen) atoms. The molecule has 3 unspecified atom stereocenters. The monoisotopic (exact) mass is 480 g/mol. The van der Waals surface area contributed by atoms with E-state index in [-0.39, 0.29) is 36.7 Å². The van der Waals surface area contributed by atoms with Crippen LogP contribution in [0.4, 0.5) is 4.79 Å². The normalized spacial score (nSPS) is 15.0. The van der Waals surface area contributed by atoms with Gasteiger partial charge in [-0.05, 0) is 47.4 Å². The summed E-state index contributed by atoms with van der Waals surface area (Å²) >= 11 is 0. The molecule has 0 heterocycles. The van der Waals surface area contributed by atoms with E-state index in [4.69, 9.17) is 4.74 Å². The molecule has 0 radical (unpaired) electrons. The fraction of sp³-hybridized carbons (Fsp3) is 0.464. The largest absolute Gasteiger partial charge is 0.481 e. The van der Waals surface area contributed by atoms with Crippen LogP contribution in [0.2, 0.25) is 0 Å². The van der Waals surface area contributed by atoms with Crippen LogP contribution >= 0.6 is 0 Å². The molecule has 0 saturated carbocycles. The Bertz CT molecular complexity index is 1010. The molecule has 1 aliphatic rings. The number of carboxylic acids is 1. The molecule has 3 atom stereocenters. The van der Waals surface area contributed by atoms with Crippen molar-refractivity contribution in [3.8, 4) is 11.1 Å². The highest BCUT2D eigenvalue weighted by atomic mass is 16.5. The van der Waals surface area contributed by atoms with Crippen molar-refractivity contribution in [1.29, 1.82) is 0 Å². The number of aliphatic carboxylic acids is 1. The molecular formula is C28H36N2O5. The number of rotatable bonds is 11. The highest BCUT2D eigenvalue weighted by Gasteiger charge is 2.30. The minimum absolute atomic E-state index is 0.0122. The number of hydrogen-bond acceptors (Lipinski definition) is 4. The van der Waals surface area contributed by atoms with Crippen LogP contribution in [0.3, 0.4) is 0 Å². The average molecular weight is 481 g/mol. The number of alkyl carbamates (subject to hydrolysis) is 1. The second kappa shape index (κ2) is 11.9. The highest BCUT2D eigenvalue weighted by Crippen LogP contribution is 2.44. The number of nitrogens with one attached hydrogen (secondary N) is 2. The minimum Gasteiger partial charge on any atom is -0.481 e. The second-order valence-electron chi connectivity index (χ2n) is 9.81. The highest BCUT2D eigenvalue weighted by molar-refractivity contribution is 5.79. The Kier molecular flexibility index (Phi) is 8.90. The maximum atomic E-state index is 12.3. The van der Waals surface area contributed by atoms with Crippen LogP contribution in [0.25, 0.3) is 11.1 Å². The average Bonchev–Trinajstić information content (AvgIpc) is 3.10. The molecule has 0 bridgehead atoms. The van der Waals surface area contributed by atoms with Crippen molar-refractivity contribution in [2.24, 2.45) is 17.8 Å². The van der Waals surface area contributed by atoms with Gasteiger partial charge < -0.3 is 20.5 Å². The number of benzene rings is 2. The summed E-state index contributed by atoms with van der Waals surface area (Å²) in [5.74, 6) is -1.77. The molecule has 0 saturated heterocycles. The Morgan fingerprint density at radius 3 is 2.06 bits per heavy atom. The number of carbonyl (C=O) groups excluding carboxylic acids is 2. The molecule has 0 spiro atoms. The molecule has 2 amide bonds. The summed E-state index contributed by atoms with van der Waals surface area (Å²) in [5, 5.41) is 15.0. The van der Waals surface area contributed by atoms with Gasteiger partial charge in [0.25, 0.3) is 0 Å². The molecule has 1 aliphatic carbocycles. The van der Waals surface area contributed by atoms with Crippen molar-refractivity contribution in [2.75, 3.05) is 13.2 Å². The van der Waals surface area contributed by atoms with Crippen LogP contribution in [-0.4, -0.2) is 42.3 Å². The third-order valence-electron chi connectivity index (χ3n) is 6.71. The first-order valence-corrected chi connectivity index (χ1v) is 12.3. The van der Waals surface area contributed by atoms with Gasteiger partial charge in [0, 0.05) is 24.9 Å². The lowest BCUT2D eigenvalue weighted by atomic mass is 9.89. The van der Waals surface area contributed by atoms with Crippen LogP contribution in [0.1, 0.15) is 57.6 Å². The molecule has 2 aromatic rings. The van der Waals surface area contributed by atoms with Crippen LogP contribution in [-0.2, 0) is 14.3 Å². The third kappa shape index (κ3) is 6.62. The summed E-state index contributed by atoms with van der Waals surface area (Å²) in [7, 11) is 0. The lowest BCUT2D eigenvalue weighted by Gasteiger charge is -2.25. The first kappa shape index (κ1) is 26.3. The van der Waals surface area contributed by atoms with E-state index in [0.717, 1.165) is 11.1 Å². The van der Waals surface area contributed by atoms with Gasteiger partial charge >= 0.3 is 12.1 Å². The predicted octanol–water partition coefficient (Wildman–Crippen LogP) is 4.80. The van der Waals surface area contributed by atoms with Crippen LogP contribution in [0, 0.1) is 17.8 Å². The molecule has 7 heteroatoms. The number of hydrogen-bond donors (Lipinski definition) is 3. The van der Waals surface area contributed by atoms with Gasteiger partial charge in [-0.2, -0.15) is 0 Å². The number of amides is 2. The van der Waals surface area contributed by atoms with E-state index in [1.807, 2.05) is 45.0 Å². The van der Waals surface area contributed by atoms with Crippen LogP contribution in [0.15, 0.2) is 48.5 Å². The Labute approximate surface area is 207 Å². The van der Waals surface area contributed by atoms with Crippen molar-refractivity contribution in [3.63, 3.8) is 0 Å².